The Labute approximate surface area is 156 Å². The summed E-state index contributed by atoms with van der Waals surface area (Å²) in [6.07, 6.45) is 12.6. The van der Waals surface area contributed by atoms with Crippen LogP contribution in [0.1, 0.15) is 39.0 Å². The van der Waals surface area contributed by atoms with Crippen LogP contribution >= 0.6 is 0 Å². The van der Waals surface area contributed by atoms with E-state index in [0.29, 0.717) is 29.4 Å². The van der Waals surface area contributed by atoms with Gasteiger partial charge in [0.2, 0.25) is 10.0 Å². The van der Waals surface area contributed by atoms with Gasteiger partial charge in [0.05, 0.1) is 13.4 Å². The molecule has 6 atom stereocenters. The molecule has 0 heterocycles. The fourth-order valence-corrected chi connectivity index (χ4v) is 7.14. The summed E-state index contributed by atoms with van der Waals surface area (Å²) in [6.45, 7) is 2.28. The Morgan fingerprint density at radius 1 is 1.27 bits per heavy atom. The number of methoxy groups -OCH3 is 1. The first-order valence-electron chi connectivity index (χ1n) is 9.57. The number of rotatable bonds is 3. The van der Waals surface area contributed by atoms with Crippen LogP contribution in [0, 0.1) is 29.1 Å². The van der Waals surface area contributed by atoms with Crippen molar-refractivity contribution in [3.05, 3.63) is 35.3 Å². The van der Waals surface area contributed by atoms with E-state index < -0.39 is 10.0 Å². The van der Waals surface area contributed by atoms with Gasteiger partial charge in [-0.2, -0.15) is 0 Å². The molecule has 0 radical (unpaired) electrons. The van der Waals surface area contributed by atoms with Gasteiger partial charge in [-0.05, 0) is 73.0 Å². The van der Waals surface area contributed by atoms with Gasteiger partial charge in [0.15, 0.2) is 11.5 Å². The van der Waals surface area contributed by atoms with Crippen LogP contribution in [0.15, 0.2) is 35.3 Å². The molecule has 4 rings (SSSR count). The average molecular weight is 380 g/mol. The molecule has 0 aromatic rings. The molecule has 2 N–H and O–H groups in total. The van der Waals surface area contributed by atoms with Gasteiger partial charge in [-0.3, -0.25) is 0 Å². The zero-order valence-electron chi connectivity index (χ0n) is 15.7. The Bertz CT molecular complexity index is 797. The van der Waals surface area contributed by atoms with E-state index in [1.165, 1.54) is 11.8 Å². The summed E-state index contributed by atoms with van der Waals surface area (Å²) in [4.78, 5) is 0. The van der Waals surface area contributed by atoms with E-state index >= 15 is 0 Å². The van der Waals surface area contributed by atoms with Gasteiger partial charge in [0, 0.05) is 12.0 Å². The highest BCUT2D eigenvalue weighted by Gasteiger charge is 2.56. The van der Waals surface area contributed by atoms with Crippen molar-refractivity contribution in [2.24, 2.45) is 29.1 Å². The summed E-state index contributed by atoms with van der Waals surface area (Å²) >= 11 is 0. The molecule has 0 aromatic carbocycles. The minimum Gasteiger partial charge on any atom is -0.504 e. The summed E-state index contributed by atoms with van der Waals surface area (Å²) in [5.41, 5.74) is 1.24. The fourth-order valence-electron chi connectivity index (χ4n) is 6.23. The summed E-state index contributed by atoms with van der Waals surface area (Å²) < 4.78 is 31.9. The smallest absolute Gasteiger partial charge is 0.208 e. The van der Waals surface area contributed by atoms with Crippen LogP contribution in [-0.4, -0.2) is 32.9 Å². The SMILES string of the molecule is COC1=C[C@H]2C(=CC[C@@H]3[C@@H]2CC[C@]2(C)[C@@H](NS(C)(=O)=O)CC[C@@H]32)C=C1O. The predicted molar refractivity (Wildman–Crippen MR) is 101 cm³/mol. The maximum atomic E-state index is 11.8. The second kappa shape index (κ2) is 6.13. The van der Waals surface area contributed by atoms with Gasteiger partial charge in [0.1, 0.15) is 0 Å². The van der Waals surface area contributed by atoms with E-state index in [9.17, 15) is 13.5 Å². The van der Waals surface area contributed by atoms with Gasteiger partial charge >= 0.3 is 0 Å². The molecule has 0 bridgehead atoms. The van der Waals surface area contributed by atoms with Crippen molar-refractivity contribution in [3.8, 4) is 0 Å². The lowest BCUT2D eigenvalue weighted by Gasteiger charge is -2.52. The third-order valence-electron chi connectivity index (χ3n) is 7.43. The molecule has 2 fully saturated rings. The summed E-state index contributed by atoms with van der Waals surface area (Å²) in [5, 5.41) is 10.1. The molecule has 0 aliphatic heterocycles. The fraction of sp³-hybridized carbons (Fsp3) is 0.700. The van der Waals surface area contributed by atoms with Crippen LogP contribution in [0.5, 0.6) is 0 Å². The number of ether oxygens (including phenoxy) is 1. The second-order valence-electron chi connectivity index (χ2n) is 8.73. The zero-order valence-corrected chi connectivity index (χ0v) is 16.6. The van der Waals surface area contributed by atoms with Crippen molar-refractivity contribution in [2.75, 3.05) is 13.4 Å². The van der Waals surface area contributed by atoms with E-state index in [4.69, 9.17) is 4.74 Å². The number of hydrogen-bond donors (Lipinski definition) is 2. The quantitative estimate of drug-likeness (QED) is 0.789. The van der Waals surface area contributed by atoms with Crippen molar-refractivity contribution < 1.29 is 18.3 Å². The van der Waals surface area contributed by atoms with Crippen LogP contribution in [0.25, 0.3) is 0 Å². The average Bonchev–Trinajstić information content (AvgIpc) is 2.89. The van der Waals surface area contributed by atoms with Gasteiger partial charge in [-0.15, -0.1) is 0 Å². The van der Waals surface area contributed by atoms with E-state index in [1.54, 1.807) is 7.11 Å². The largest absolute Gasteiger partial charge is 0.504 e. The molecule has 0 unspecified atom stereocenters. The summed E-state index contributed by atoms with van der Waals surface area (Å²) in [6, 6.07) is 0.0502. The van der Waals surface area contributed by atoms with Crippen LogP contribution in [0.3, 0.4) is 0 Å². The van der Waals surface area contributed by atoms with Crippen LogP contribution < -0.4 is 4.72 Å². The molecular formula is C20H29NO4S. The lowest BCUT2D eigenvalue weighted by atomic mass is 9.53. The molecule has 6 heteroatoms. The highest BCUT2D eigenvalue weighted by Crippen LogP contribution is 2.60. The Morgan fingerprint density at radius 3 is 2.73 bits per heavy atom. The monoisotopic (exact) mass is 379 g/mol. The van der Waals surface area contributed by atoms with Gasteiger partial charge < -0.3 is 9.84 Å². The maximum Gasteiger partial charge on any atom is 0.208 e. The lowest BCUT2D eigenvalue weighted by Crippen LogP contribution is -2.51. The molecule has 5 nitrogen and oxygen atoms in total. The van der Waals surface area contributed by atoms with Crippen LogP contribution in [0.4, 0.5) is 0 Å². The number of nitrogens with one attached hydrogen (secondary N) is 1. The number of aliphatic hydroxyl groups is 1. The summed E-state index contributed by atoms with van der Waals surface area (Å²) in [7, 11) is -1.59. The number of fused-ring (bicyclic) bond motifs is 5. The maximum absolute atomic E-state index is 11.8. The lowest BCUT2D eigenvalue weighted by molar-refractivity contribution is 0.0131. The van der Waals surface area contributed by atoms with E-state index in [2.05, 4.69) is 23.8 Å². The first-order valence-corrected chi connectivity index (χ1v) is 11.5. The number of aliphatic hydroxyl groups excluding tert-OH is 1. The van der Waals surface area contributed by atoms with Gasteiger partial charge in [0.25, 0.3) is 0 Å². The van der Waals surface area contributed by atoms with Crippen molar-refractivity contribution in [2.45, 2.75) is 45.1 Å². The van der Waals surface area contributed by atoms with E-state index in [-0.39, 0.29) is 17.2 Å². The van der Waals surface area contributed by atoms with Crippen molar-refractivity contribution >= 4 is 10.0 Å². The molecule has 0 saturated heterocycles. The molecule has 26 heavy (non-hydrogen) atoms. The Balaban J connectivity index is 1.62. The Hall–Kier alpha value is -1.27. The minimum absolute atomic E-state index is 0.0377. The molecule has 4 aliphatic carbocycles. The second-order valence-corrected chi connectivity index (χ2v) is 10.5. The predicted octanol–water partition coefficient (Wildman–Crippen LogP) is 3.28. The van der Waals surface area contributed by atoms with Crippen molar-refractivity contribution in [1.82, 2.24) is 4.72 Å². The number of sulfonamides is 1. The van der Waals surface area contributed by atoms with Crippen molar-refractivity contribution in [3.63, 3.8) is 0 Å². The molecule has 0 aromatic heterocycles. The van der Waals surface area contributed by atoms with E-state index in [0.717, 1.165) is 32.1 Å². The number of allylic oxidation sites excluding steroid dienone is 4. The molecule has 0 amide bonds. The standard InChI is InChI=1S/C20H29NO4S/c1-20-9-8-13-14(16(20)6-7-19(20)21-26(3,23)24)5-4-12-10-17(22)18(25-2)11-15(12)13/h4,10-11,13-16,19,21-22H,5-9H2,1-3H3/t13-,14+,15-,16-,19-,20-/m0/s1. The highest BCUT2D eigenvalue weighted by atomic mass is 32.2. The first kappa shape index (κ1) is 18.1. The molecule has 4 aliphatic rings. The third-order valence-corrected chi connectivity index (χ3v) is 8.14. The van der Waals surface area contributed by atoms with E-state index in [1.807, 2.05) is 6.08 Å². The van der Waals surface area contributed by atoms with Crippen LogP contribution in [0.2, 0.25) is 0 Å². The number of hydrogen-bond acceptors (Lipinski definition) is 4. The van der Waals surface area contributed by atoms with Crippen LogP contribution in [-0.2, 0) is 14.8 Å². The topological polar surface area (TPSA) is 75.6 Å². The molecule has 144 valence electrons. The van der Waals surface area contributed by atoms with Gasteiger partial charge in [-0.1, -0.05) is 13.0 Å². The minimum atomic E-state index is -3.18. The molecular weight excluding hydrogens is 350 g/mol. The Morgan fingerprint density at radius 2 is 2.04 bits per heavy atom. The van der Waals surface area contributed by atoms with Gasteiger partial charge in [-0.25, -0.2) is 13.1 Å². The third kappa shape index (κ3) is 2.82. The highest BCUT2D eigenvalue weighted by molar-refractivity contribution is 7.88. The summed E-state index contributed by atoms with van der Waals surface area (Å²) in [5.74, 6) is 2.73. The normalized spacial score (nSPS) is 42.0. The zero-order chi connectivity index (χ0) is 18.7. The molecule has 2 saturated carbocycles. The first-order chi connectivity index (χ1) is 12.2. The Kier molecular flexibility index (Phi) is 4.27. The molecule has 0 spiro atoms. The van der Waals surface area contributed by atoms with Crippen molar-refractivity contribution in [1.29, 1.82) is 0 Å².